The zero-order valence-corrected chi connectivity index (χ0v) is 25.9. The highest BCUT2D eigenvalue weighted by Crippen LogP contribution is 2.32. The third-order valence-electron chi connectivity index (χ3n) is 6.73. The lowest BCUT2D eigenvalue weighted by Gasteiger charge is -2.12. The smallest absolute Gasteiger partial charge is 0.250 e. The molecule has 1 fully saturated rings. The fourth-order valence-corrected chi connectivity index (χ4v) is 5.87. The van der Waals surface area contributed by atoms with Gasteiger partial charge >= 0.3 is 0 Å². The van der Waals surface area contributed by atoms with Crippen LogP contribution >= 0.6 is 23.1 Å². The number of benzene rings is 1. The second-order valence-corrected chi connectivity index (χ2v) is 11.9. The number of aromatic amines is 1. The number of primary amides is 1. The number of thiophene rings is 1. The Labute approximate surface area is 238 Å². The van der Waals surface area contributed by atoms with Gasteiger partial charge in [-0.05, 0) is 91.6 Å². The van der Waals surface area contributed by atoms with Gasteiger partial charge in [-0.3, -0.25) is 9.69 Å². The van der Waals surface area contributed by atoms with E-state index in [-0.39, 0.29) is 0 Å². The molecule has 0 radical (unpaired) electrons. The van der Waals surface area contributed by atoms with Gasteiger partial charge in [0.2, 0.25) is 0 Å². The maximum absolute atomic E-state index is 11.8. The van der Waals surface area contributed by atoms with Crippen molar-refractivity contribution >= 4 is 39.9 Å². The lowest BCUT2D eigenvalue weighted by molar-refractivity contribution is 0.100. The topological polar surface area (TPSA) is 71.3 Å². The Balaban J connectivity index is 0.000000301. The maximum Gasteiger partial charge on any atom is 0.250 e. The number of nitrogens with two attached hydrogens (primary N) is 1. The van der Waals surface area contributed by atoms with E-state index in [2.05, 4.69) is 47.5 Å². The lowest BCUT2D eigenvalue weighted by Crippen LogP contribution is -2.17. The number of aromatic nitrogens is 1. The molecule has 0 aliphatic carbocycles. The largest absolute Gasteiger partial charge is 0.385 e. The molecule has 0 unspecified atom stereocenters. The summed E-state index contributed by atoms with van der Waals surface area (Å²) in [7, 11) is 1.74. The summed E-state index contributed by atoms with van der Waals surface area (Å²) in [5.41, 5.74) is 10.3. The summed E-state index contributed by atoms with van der Waals surface area (Å²) in [5.74, 6) is 0.824. The summed E-state index contributed by atoms with van der Waals surface area (Å²) < 4.78 is 4.83. The van der Waals surface area contributed by atoms with E-state index in [0.717, 1.165) is 35.2 Å². The second-order valence-electron chi connectivity index (χ2n) is 9.97. The van der Waals surface area contributed by atoms with Crippen molar-refractivity contribution in [3.63, 3.8) is 0 Å². The molecule has 38 heavy (non-hydrogen) atoms. The van der Waals surface area contributed by atoms with E-state index in [4.69, 9.17) is 10.5 Å². The molecule has 3 aromatic rings. The Kier molecular flexibility index (Phi) is 15.8. The number of hydrogen-bond donors (Lipinski definition) is 2. The van der Waals surface area contributed by atoms with E-state index < -0.39 is 5.91 Å². The number of H-pyrrole nitrogens is 1. The zero-order valence-electron chi connectivity index (χ0n) is 24.2. The number of hydrogen-bond acceptors (Lipinski definition) is 5. The molecule has 3 N–H and O–H groups in total. The fraction of sp³-hybridized carbons (Fsp3) is 0.581. The Morgan fingerprint density at radius 2 is 1.79 bits per heavy atom. The van der Waals surface area contributed by atoms with Crippen molar-refractivity contribution in [3.8, 4) is 11.1 Å². The summed E-state index contributed by atoms with van der Waals surface area (Å²) in [5, 5.41) is 3.24. The Hall–Kier alpha value is -1.80. The molecule has 0 atom stereocenters. The molecule has 1 saturated heterocycles. The molecule has 212 valence electrons. The first-order valence-electron chi connectivity index (χ1n) is 14.1. The first kappa shape index (κ1) is 32.4. The molecule has 3 heterocycles. The highest BCUT2D eigenvalue weighted by atomic mass is 32.2. The number of unbranched alkanes of at least 4 members (excludes halogenated alkanes) is 4. The number of nitrogens with zero attached hydrogens (tertiary/aromatic N) is 1. The van der Waals surface area contributed by atoms with E-state index in [1.807, 2.05) is 30.9 Å². The predicted molar refractivity (Wildman–Crippen MR) is 169 cm³/mol. The van der Waals surface area contributed by atoms with Gasteiger partial charge in [0.15, 0.2) is 0 Å². The minimum Gasteiger partial charge on any atom is -0.385 e. The van der Waals surface area contributed by atoms with Crippen LogP contribution in [0.3, 0.4) is 0 Å². The number of carbonyl (C=O) groups is 1. The predicted octanol–water partition coefficient (Wildman–Crippen LogP) is 8.26. The molecule has 0 spiro atoms. The van der Waals surface area contributed by atoms with Crippen molar-refractivity contribution in [1.82, 2.24) is 9.88 Å². The van der Waals surface area contributed by atoms with Crippen LogP contribution in [0.5, 0.6) is 0 Å². The van der Waals surface area contributed by atoms with E-state index >= 15 is 0 Å². The number of amides is 1. The number of fused-ring (bicyclic) bond motifs is 1. The normalized spacial score (nSPS) is 13.2. The van der Waals surface area contributed by atoms with Crippen molar-refractivity contribution in [3.05, 3.63) is 45.8 Å². The van der Waals surface area contributed by atoms with Crippen LogP contribution in [0.4, 0.5) is 0 Å². The fourth-order valence-electron chi connectivity index (χ4n) is 4.53. The van der Waals surface area contributed by atoms with Gasteiger partial charge in [0.1, 0.15) is 0 Å². The van der Waals surface area contributed by atoms with Gasteiger partial charge < -0.3 is 15.5 Å². The van der Waals surface area contributed by atoms with Crippen LogP contribution in [0, 0.1) is 6.92 Å². The van der Waals surface area contributed by atoms with Crippen molar-refractivity contribution in [1.29, 1.82) is 0 Å². The molecule has 1 aromatic carbocycles. The van der Waals surface area contributed by atoms with E-state index in [9.17, 15) is 4.79 Å². The molecular weight excluding hydrogens is 510 g/mol. The molecule has 4 rings (SSSR count). The average molecular weight is 560 g/mol. The standard InChI is InChI=1S/C19H21N3OS.C7H16.C5H12OS/c1-12-9-21-18-16(12)7-13(8-17(18)19(20)23)14-6-15(24-11-14)10-22-4-2-3-5-22;1-3-5-7-6-4-2;1-6-4-3-5-7-2/h6-9,11,21H,2-5,10H2,1H3,(H2,20,23);3-7H2,1-2H3;3-5H2,1-2H3. The number of carbonyl (C=O) groups excluding carboxylic acids is 1. The minimum absolute atomic E-state index is 0.392. The highest BCUT2D eigenvalue weighted by Gasteiger charge is 2.16. The Bertz CT molecular complexity index is 1050. The number of rotatable bonds is 12. The van der Waals surface area contributed by atoms with Gasteiger partial charge in [-0.1, -0.05) is 46.0 Å². The molecule has 5 nitrogen and oxygen atoms in total. The molecule has 1 aliphatic heterocycles. The van der Waals surface area contributed by atoms with E-state index in [1.54, 1.807) is 18.4 Å². The molecule has 0 bridgehead atoms. The lowest BCUT2D eigenvalue weighted by atomic mass is 10.0. The molecule has 1 amide bonds. The third-order valence-corrected chi connectivity index (χ3v) is 8.35. The summed E-state index contributed by atoms with van der Waals surface area (Å²) in [6.45, 7) is 10.9. The van der Waals surface area contributed by atoms with Crippen molar-refractivity contribution in [2.24, 2.45) is 5.73 Å². The summed E-state index contributed by atoms with van der Waals surface area (Å²) in [6, 6.07) is 6.30. The van der Waals surface area contributed by atoms with Gasteiger partial charge in [0.25, 0.3) is 5.91 Å². The quantitative estimate of drug-likeness (QED) is 0.219. The number of thioether (sulfide) groups is 1. The Morgan fingerprint density at radius 3 is 2.39 bits per heavy atom. The second kappa shape index (κ2) is 18.5. The van der Waals surface area contributed by atoms with Crippen LogP contribution in [-0.4, -0.2) is 54.6 Å². The van der Waals surface area contributed by atoms with Gasteiger partial charge in [0, 0.05) is 36.7 Å². The van der Waals surface area contributed by atoms with Crippen molar-refractivity contribution in [2.75, 3.05) is 38.8 Å². The molecular formula is C31H49N3O2S2. The average Bonchev–Trinajstić information content (AvgIpc) is 3.68. The maximum atomic E-state index is 11.8. The van der Waals surface area contributed by atoms with Gasteiger partial charge in [-0.2, -0.15) is 11.8 Å². The van der Waals surface area contributed by atoms with Crippen LogP contribution in [-0.2, 0) is 11.3 Å². The van der Waals surface area contributed by atoms with Gasteiger partial charge in [-0.25, -0.2) is 0 Å². The van der Waals surface area contributed by atoms with Crippen LogP contribution < -0.4 is 5.73 Å². The van der Waals surface area contributed by atoms with Crippen LogP contribution in [0.1, 0.15) is 86.0 Å². The molecule has 7 heteroatoms. The summed E-state index contributed by atoms with van der Waals surface area (Å²) in [6.07, 6.45) is 14.8. The molecule has 1 aliphatic rings. The zero-order chi connectivity index (χ0) is 27.8. The Morgan fingerprint density at radius 1 is 1.08 bits per heavy atom. The monoisotopic (exact) mass is 559 g/mol. The number of aryl methyl sites for hydroxylation is 1. The van der Waals surface area contributed by atoms with Gasteiger partial charge in [0.05, 0.1) is 11.1 Å². The van der Waals surface area contributed by atoms with Gasteiger partial charge in [-0.15, -0.1) is 11.3 Å². The molecule has 2 aromatic heterocycles. The third kappa shape index (κ3) is 10.8. The summed E-state index contributed by atoms with van der Waals surface area (Å²) >= 11 is 3.65. The van der Waals surface area contributed by atoms with Crippen molar-refractivity contribution < 1.29 is 9.53 Å². The van der Waals surface area contributed by atoms with Crippen LogP contribution in [0.2, 0.25) is 0 Å². The first-order chi connectivity index (χ1) is 18.4. The van der Waals surface area contributed by atoms with E-state index in [0.29, 0.717) is 5.56 Å². The van der Waals surface area contributed by atoms with Crippen molar-refractivity contribution in [2.45, 2.75) is 78.7 Å². The number of methoxy groups -OCH3 is 1. The van der Waals surface area contributed by atoms with Crippen LogP contribution in [0.15, 0.2) is 29.8 Å². The van der Waals surface area contributed by atoms with Crippen LogP contribution in [0.25, 0.3) is 22.0 Å². The van der Waals surface area contributed by atoms with E-state index in [1.165, 1.54) is 80.6 Å². The number of likely N-dealkylation sites (tertiary alicyclic amines) is 1. The minimum atomic E-state index is -0.392. The number of nitrogens with one attached hydrogen (secondary N) is 1. The number of ether oxygens (including phenoxy) is 1. The molecule has 0 saturated carbocycles. The summed E-state index contributed by atoms with van der Waals surface area (Å²) in [4.78, 5) is 18.9. The SMILES string of the molecule is CCCCCCC.COCCCSC.Cc1c[nH]c2c(C(N)=O)cc(-c3csc(CN4CCCC4)c3)cc12. The first-order valence-corrected chi connectivity index (χ1v) is 16.4. The highest BCUT2D eigenvalue weighted by molar-refractivity contribution is 7.98.